The number of carbonyl (C=O) groups is 2. The Kier molecular flexibility index (Phi) is 7.44. The van der Waals surface area contributed by atoms with E-state index in [1.807, 2.05) is 6.07 Å². The highest BCUT2D eigenvalue weighted by Gasteiger charge is 2.25. The van der Waals surface area contributed by atoms with Crippen molar-refractivity contribution in [3.05, 3.63) is 83.8 Å². The van der Waals surface area contributed by atoms with Gasteiger partial charge in [0.1, 0.15) is 0 Å². The second kappa shape index (κ2) is 10.7. The van der Waals surface area contributed by atoms with Crippen molar-refractivity contribution in [2.45, 2.75) is 37.1 Å². The van der Waals surface area contributed by atoms with Crippen molar-refractivity contribution in [2.24, 2.45) is 0 Å². The number of anilines is 1. The van der Waals surface area contributed by atoms with E-state index in [1.54, 1.807) is 54.6 Å². The summed E-state index contributed by atoms with van der Waals surface area (Å²) >= 11 is 0. The van der Waals surface area contributed by atoms with Crippen LogP contribution in [0.15, 0.2) is 76.2 Å². The highest BCUT2D eigenvalue weighted by atomic mass is 32.2. The Morgan fingerprint density at radius 1 is 0.912 bits per heavy atom. The average Bonchev–Trinajstić information content (AvgIpc) is 3.39. The fourth-order valence-corrected chi connectivity index (χ4v) is 5.36. The lowest BCUT2D eigenvalue weighted by Gasteiger charge is -2.25. The quantitative estimate of drug-likeness (QED) is 0.511. The van der Waals surface area contributed by atoms with E-state index in [4.69, 9.17) is 4.42 Å². The SMILES string of the molecule is O=C(Cc1ccc(S(=O)(=O)N2CCCCC2)cc1)NCc1cccc(NC(=O)c2ccco2)c1. The normalized spacial score (nSPS) is 14.5. The molecule has 178 valence electrons. The first-order chi connectivity index (χ1) is 16.4. The van der Waals surface area contributed by atoms with E-state index in [2.05, 4.69) is 10.6 Å². The minimum atomic E-state index is -3.48. The Morgan fingerprint density at radius 3 is 2.38 bits per heavy atom. The first kappa shape index (κ1) is 23.7. The first-order valence-corrected chi connectivity index (χ1v) is 12.7. The van der Waals surface area contributed by atoms with Crippen LogP contribution in [0.2, 0.25) is 0 Å². The van der Waals surface area contributed by atoms with Crippen molar-refractivity contribution in [1.29, 1.82) is 0 Å². The van der Waals surface area contributed by atoms with Crippen LogP contribution in [-0.2, 0) is 27.8 Å². The molecule has 0 aliphatic carbocycles. The summed E-state index contributed by atoms with van der Waals surface area (Å²) in [4.78, 5) is 24.8. The lowest BCUT2D eigenvalue weighted by atomic mass is 10.1. The summed E-state index contributed by atoms with van der Waals surface area (Å²) in [5, 5.41) is 5.61. The van der Waals surface area contributed by atoms with E-state index in [9.17, 15) is 18.0 Å². The third-order valence-electron chi connectivity index (χ3n) is 5.66. The molecular weight excluding hydrogens is 454 g/mol. The molecule has 0 bridgehead atoms. The molecule has 0 saturated carbocycles. The second-order valence-corrected chi connectivity index (χ2v) is 10.1. The molecule has 9 heteroatoms. The van der Waals surface area contributed by atoms with Crippen LogP contribution >= 0.6 is 0 Å². The number of piperidine rings is 1. The zero-order valence-electron chi connectivity index (χ0n) is 18.7. The number of sulfonamides is 1. The molecule has 1 aliphatic heterocycles. The zero-order chi connectivity index (χ0) is 24.0. The minimum Gasteiger partial charge on any atom is -0.459 e. The predicted molar refractivity (Wildman–Crippen MR) is 128 cm³/mol. The Hall–Kier alpha value is -3.43. The van der Waals surface area contributed by atoms with Gasteiger partial charge in [0, 0.05) is 25.3 Å². The maximum Gasteiger partial charge on any atom is 0.291 e. The van der Waals surface area contributed by atoms with Gasteiger partial charge in [-0.2, -0.15) is 4.31 Å². The summed E-state index contributed by atoms with van der Waals surface area (Å²) in [6.45, 7) is 1.41. The van der Waals surface area contributed by atoms with Gasteiger partial charge < -0.3 is 15.1 Å². The van der Waals surface area contributed by atoms with Gasteiger partial charge in [-0.05, 0) is 60.4 Å². The van der Waals surface area contributed by atoms with Gasteiger partial charge in [0.15, 0.2) is 5.76 Å². The summed E-state index contributed by atoms with van der Waals surface area (Å²) in [7, 11) is -3.48. The standard InChI is InChI=1S/C25H27N3O5S/c29-24(17-19-9-11-22(12-10-19)34(31,32)28-13-2-1-3-14-28)26-18-20-6-4-7-21(16-20)27-25(30)23-8-5-15-33-23/h4-12,15-16H,1-3,13-14,17-18H2,(H,26,29)(H,27,30). The van der Waals surface area contributed by atoms with E-state index < -0.39 is 10.0 Å². The molecule has 1 fully saturated rings. The minimum absolute atomic E-state index is 0.138. The van der Waals surface area contributed by atoms with Crippen LogP contribution in [0.1, 0.15) is 40.9 Å². The number of hydrogen-bond donors (Lipinski definition) is 2. The molecule has 0 atom stereocenters. The zero-order valence-corrected chi connectivity index (χ0v) is 19.5. The molecule has 2 heterocycles. The summed E-state index contributed by atoms with van der Waals surface area (Å²) in [5.41, 5.74) is 2.15. The molecule has 1 saturated heterocycles. The first-order valence-electron chi connectivity index (χ1n) is 11.2. The van der Waals surface area contributed by atoms with Gasteiger partial charge >= 0.3 is 0 Å². The highest BCUT2D eigenvalue weighted by Crippen LogP contribution is 2.21. The lowest BCUT2D eigenvalue weighted by molar-refractivity contribution is -0.120. The molecule has 0 radical (unpaired) electrons. The molecule has 2 N–H and O–H groups in total. The highest BCUT2D eigenvalue weighted by molar-refractivity contribution is 7.89. The molecule has 2 aromatic carbocycles. The van der Waals surface area contributed by atoms with Crippen LogP contribution in [0.5, 0.6) is 0 Å². The summed E-state index contributed by atoms with van der Waals surface area (Å²) in [5.74, 6) is -0.318. The summed E-state index contributed by atoms with van der Waals surface area (Å²) in [6, 6.07) is 16.9. The molecule has 4 rings (SSSR count). The van der Waals surface area contributed by atoms with Crippen molar-refractivity contribution in [3.8, 4) is 0 Å². The average molecular weight is 482 g/mol. The van der Waals surface area contributed by atoms with E-state index in [1.165, 1.54) is 10.6 Å². The Morgan fingerprint density at radius 2 is 1.68 bits per heavy atom. The van der Waals surface area contributed by atoms with E-state index in [0.717, 1.165) is 30.4 Å². The van der Waals surface area contributed by atoms with Gasteiger partial charge in [0.2, 0.25) is 15.9 Å². The number of hydrogen-bond acceptors (Lipinski definition) is 5. The monoisotopic (exact) mass is 481 g/mol. The maximum absolute atomic E-state index is 12.8. The van der Waals surface area contributed by atoms with Crippen molar-refractivity contribution in [3.63, 3.8) is 0 Å². The van der Waals surface area contributed by atoms with Gasteiger partial charge in [-0.25, -0.2) is 8.42 Å². The van der Waals surface area contributed by atoms with Crippen LogP contribution in [-0.4, -0.2) is 37.6 Å². The largest absolute Gasteiger partial charge is 0.459 e. The molecule has 0 spiro atoms. The number of rotatable bonds is 8. The molecule has 0 unspecified atom stereocenters. The molecule has 34 heavy (non-hydrogen) atoms. The van der Waals surface area contributed by atoms with Crippen LogP contribution in [0.3, 0.4) is 0 Å². The lowest BCUT2D eigenvalue weighted by Crippen LogP contribution is -2.35. The fraction of sp³-hybridized carbons (Fsp3) is 0.280. The van der Waals surface area contributed by atoms with E-state index in [0.29, 0.717) is 25.3 Å². The van der Waals surface area contributed by atoms with E-state index >= 15 is 0 Å². The van der Waals surface area contributed by atoms with Gasteiger partial charge in [-0.3, -0.25) is 9.59 Å². The van der Waals surface area contributed by atoms with Crippen LogP contribution in [0.25, 0.3) is 0 Å². The Labute approximate surface area is 199 Å². The smallest absolute Gasteiger partial charge is 0.291 e. The van der Waals surface area contributed by atoms with Gasteiger partial charge in [0.05, 0.1) is 17.6 Å². The molecule has 2 amide bonds. The third kappa shape index (κ3) is 5.92. The topological polar surface area (TPSA) is 109 Å². The van der Waals surface area contributed by atoms with Crippen LogP contribution in [0, 0.1) is 0 Å². The van der Waals surface area contributed by atoms with Crippen molar-refractivity contribution >= 4 is 27.5 Å². The van der Waals surface area contributed by atoms with Crippen molar-refractivity contribution < 1.29 is 22.4 Å². The summed E-state index contributed by atoms with van der Waals surface area (Å²) in [6.07, 6.45) is 4.40. The van der Waals surface area contributed by atoms with Gasteiger partial charge in [-0.1, -0.05) is 30.7 Å². The molecule has 1 aliphatic rings. The molecule has 1 aromatic heterocycles. The number of carbonyl (C=O) groups excluding carboxylic acids is 2. The number of amides is 2. The van der Waals surface area contributed by atoms with Crippen LogP contribution < -0.4 is 10.6 Å². The van der Waals surface area contributed by atoms with Gasteiger partial charge in [-0.15, -0.1) is 0 Å². The third-order valence-corrected chi connectivity index (χ3v) is 7.57. The number of nitrogens with one attached hydrogen (secondary N) is 2. The maximum atomic E-state index is 12.8. The van der Waals surface area contributed by atoms with Crippen molar-refractivity contribution in [2.75, 3.05) is 18.4 Å². The van der Waals surface area contributed by atoms with E-state index in [-0.39, 0.29) is 28.9 Å². The second-order valence-electron chi connectivity index (χ2n) is 8.19. The Balaban J connectivity index is 1.30. The molecular formula is C25H27N3O5S. The molecule has 3 aromatic rings. The van der Waals surface area contributed by atoms with Gasteiger partial charge in [0.25, 0.3) is 5.91 Å². The fourth-order valence-electron chi connectivity index (χ4n) is 3.84. The predicted octanol–water partition coefficient (Wildman–Crippen LogP) is 3.57. The summed E-state index contributed by atoms with van der Waals surface area (Å²) < 4.78 is 32.1. The number of benzene rings is 2. The number of furan rings is 1. The Bertz CT molecular complexity index is 1230. The van der Waals surface area contributed by atoms with Crippen LogP contribution in [0.4, 0.5) is 5.69 Å². The molecule has 8 nitrogen and oxygen atoms in total. The number of nitrogens with zero attached hydrogens (tertiary/aromatic N) is 1. The van der Waals surface area contributed by atoms with Crippen molar-refractivity contribution in [1.82, 2.24) is 9.62 Å².